The highest BCUT2D eigenvalue weighted by Crippen LogP contribution is 2.37. The fourth-order valence-corrected chi connectivity index (χ4v) is 4.78. The van der Waals surface area contributed by atoms with Gasteiger partial charge in [-0.15, -0.1) is 0 Å². The summed E-state index contributed by atoms with van der Waals surface area (Å²) in [4.78, 5) is 30.0. The Bertz CT molecular complexity index is 1110. The van der Waals surface area contributed by atoms with Crippen molar-refractivity contribution < 1.29 is 18.0 Å². The number of rotatable bonds is 6. The van der Waals surface area contributed by atoms with Crippen molar-refractivity contribution in [1.29, 1.82) is 0 Å². The van der Waals surface area contributed by atoms with Gasteiger partial charge in [-0.25, -0.2) is 0 Å². The molecule has 1 saturated heterocycles. The van der Waals surface area contributed by atoms with Crippen LogP contribution in [0.2, 0.25) is 0 Å². The average Bonchev–Trinajstić information content (AvgIpc) is 2.73. The Kier molecular flexibility index (Phi) is 7.75. The van der Waals surface area contributed by atoms with Gasteiger partial charge in [0, 0.05) is 47.7 Å². The monoisotopic (exact) mass is 478 g/mol. The van der Waals surface area contributed by atoms with Crippen LogP contribution in [0.5, 0.6) is 0 Å². The first kappa shape index (κ1) is 25.8. The number of piperidine rings is 1. The van der Waals surface area contributed by atoms with Gasteiger partial charge in [0.1, 0.15) is 0 Å². The molecule has 1 aromatic heterocycles. The number of aromatic amines is 1. The minimum Gasteiger partial charge on any atom is -0.368 e. The number of H-pyrrole nitrogens is 1. The van der Waals surface area contributed by atoms with Crippen LogP contribution in [-0.4, -0.2) is 36.1 Å². The number of carbonyl (C=O) groups excluding carboxylic acids is 1. The summed E-state index contributed by atoms with van der Waals surface area (Å²) < 4.78 is 41.4. The maximum absolute atomic E-state index is 13.8. The van der Waals surface area contributed by atoms with Crippen LogP contribution in [-0.2, 0) is 12.7 Å². The van der Waals surface area contributed by atoms with E-state index >= 15 is 0 Å². The second kappa shape index (κ2) is 10.2. The molecule has 0 spiro atoms. The van der Waals surface area contributed by atoms with Gasteiger partial charge in [-0.1, -0.05) is 0 Å². The fourth-order valence-electron chi connectivity index (χ4n) is 4.78. The van der Waals surface area contributed by atoms with E-state index < -0.39 is 17.6 Å². The Morgan fingerprint density at radius 2 is 1.91 bits per heavy atom. The molecular weight excluding hydrogens is 445 g/mol. The molecule has 9 heteroatoms. The van der Waals surface area contributed by atoms with E-state index in [2.05, 4.69) is 22.5 Å². The van der Waals surface area contributed by atoms with E-state index in [1.54, 1.807) is 26.8 Å². The Morgan fingerprint density at radius 1 is 1.21 bits per heavy atom. The lowest BCUT2D eigenvalue weighted by atomic mass is 9.95. The first-order chi connectivity index (χ1) is 15.9. The molecule has 2 heterocycles. The summed E-state index contributed by atoms with van der Waals surface area (Å²) in [5.41, 5.74) is 1.48. The third kappa shape index (κ3) is 5.63. The van der Waals surface area contributed by atoms with Crippen LogP contribution < -0.4 is 21.1 Å². The first-order valence-corrected chi connectivity index (χ1v) is 11.6. The maximum Gasteiger partial charge on any atom is 0.416 e. The predicted octanol–water partition coefficient (Wildman–Crippen LogP) is 4.22. The van der Waals surface area contributed by atoms with Crippen LogP contribution in [0, 0.1) is 20.8 Å². The molecule has 1 aromatic carbocycles. The first-order valence-electron chi connectivity index (χ1n) is 11.6. The molecule has 3 N–H and O–H groups in total. The minimum atomic E-state index is -4.59. The van der Waals surface area contributed by atoms with Crippen molar-refractivity contribution in [3.63, 3.8) is 0 Å². The van der Waals surface area contributed by atoms with Crippen molar-refractivity contribution in [2.75, 3.05) is 18.0 Å². The van der Waals surface area contributed by atoms with Gasteiger partial charge < -0.3 is 20.5 Å². The summed E-state index contributed by atoms with van der Waals surface area (Å²) >= 11 is 0. The molecular formula is C25H33F3N4O2. The van der Waals surface area contributed by atoms with E-state index in [0.717, 1.165) is 31.5 Å². The number of nitrogens with zero attached hydrogens (tertiary/aromatic N) is 1. The molecule has 1 aliphatic rings. The Labute approximate surface area is 197 Å². The number of halogens is 3. The number of nitrogens with one attached hydrogen (secondary N) is 3. The van der Waals surface area contributed by atoms with Crippen molar-refractivity contribution in [3.8, 4) is 0 Å². The van der Waals surface area contributed by atoms with E-state index in [1.165, 1.54) is 0 Å². The van der Waals surface area contributed by atoms with Gasteiger partial charge in [0.25, 0.3) is 11.5 Å². The highest BCUT2D eigenvalue weighted by molar-refractivity contribution is 5.97. The molecule has 2 unspecified atom stereocenters. The van der Waals surface area contributed by atoms with Crippen molar-refractivity contribution in [2.45, 2.75) is 72.3 Å². The zero-order valence-corrected chi connectivity index (χ0v) is 20.3. The number of aromatic nitrogens is 1. The molecule has 0 saturated carbocycles. The average molecular weight is 479 g/mol. The number of aryl methyl sites for hydroxylation is 2. The molecule has 1 aliphatic heterocycles. The number of anilines is 1. The van der Waals surface area contributed by atoms with E-state index in [9.17, 15) is 22.8 Å². The third-order valence-corrected chi connectivity index (χ3v) is 6.56. The minimum absolute atomic E-state index is 0.0357. The van der Waals surface area contributed by atoms with Crippen molar-refractivity contribution in [3.05, 3.63) is 62.1 Å². The molecule has 0 bridgehead atoms. The van der Waals surface area contributed by atoms with Gasteiger partial charge in [-0.3, -0.25) is 9.59 Å². The second-order valence-corrected chi connectivity index (χ2v) is 9.11. The quantitative estimate of drug-likeness (QED) is 0.581. The Morgan fingerprint density at radius 3 is 2.50 bits per heavy atom. The molecule has 6 nitrogen and oxygen atoms in total. The molecule has 2 aromatic rings. The lowest BCUT2D eigenvalue weighted by Crippen LogP contribution is -2.47. The van der Waals surface area contributed by atoms with Crippen LogP contribution in [0.15, 0.2) is 23.0 Å². The second-order valence-electron chi connectivity index (χ2n) is 9.11. The van der Waals surface area contributed by atoms with E-state index in [1.807, 2.05) is 11.8 Å². The SMILES string of the molecule is CCN(c1cc(C(F)(F)F)cc(C(=O)NCc2c(C)cc(C)[nH]c2=O)c1C)C1CCNC(C)C1. The summed E-state index contributed by atoms with van der Waals surface area (Å²) in [5, 5.41) is 6.02. The molecule has 1 fully saturated rings. The number of alkyl halides is 3. The van der Waals surface area contributed by atoms with Crippen molar-refractivity contribution >= 4 is 11.6 Å². The van der Waals surface area contributed by atoms with Crippen molar-refractivity contribution in [2.24, 2.45) is 0 Å². The molecule has 0 radical (unpaired) electrons. The van der Waals surface area contributed by atoms with Gasteiger partial charge in [0.2, 0.25) is 0 Å². The van der Waals surface area contributed by atoms with Crippen LogP contribution in [0.3, 0.4) is 0 Å². The smallest absolute Gasteiger partial charge is 0.368 e. The highest BCUT2D eigenvalue weighted by Gasteiger charge is 2.34. The lowest BCUT2D eigenvalue weighted by molar-refractivity contribution is -0.137. The molecule has 1 amide bonds. The standard InChI is InChI=1S/C25H33F3N4O2/c1-6-32(19-7-8-29-15(3)10-19)22-12-18(25(26,27)28)11-20(17(22)5)23(33)30-13-21-14(2)9-16(4)31-24(21)34/h9,11-12,15,19,29H,6-8,10,13H2,1-5H3,(H,30,33)(H,31,34). The van der Waals surface area contributed by atoms with Crippen LogP contribution >= 0.6 is 0 Å². The Hall–Kier alpha value is -2.81. The molecule has 3 rings (SSSR count). The predicted molar refractivity (Wildman–Crippen MR) is 127 cm³/mol. The normalized spacial score (nSPS) is 18.6. The number of amides is 1. The van der Waals surface area contributed by atoms with Gasteiger partial charge in [0.05, 0.1) is 5.56 Å². The van der Waals surface area contributed by atoms with Gasteiger partial charge >= 0.3 is 6.18 Å². The fraction of sp³-hybridized carbons (Fsp3) is 0.520. The van der Waals surface area contributed by atoms with Gasteiger partial charge in [-0.2, -0.15) is 13.2 Å². The molecule has 2 atom stereocenters. The summed E-state index contributed by atoms with van der Waals surface area (Å²) in [6.45, 7) is 10.4. The van der Waals surface area contributed by atoms with Crippen LogP contribution in [0.1, 0.15) is 65.0 Å². The summed E-state index contributed by atoms with van der Waals surface area (Å²) in [6, 6.07) is 4.18. The Balaban J connectivity index is 1.98. The number of hydrogen-bond acceptors (Lipinski definition) is 4. The summed E-state index contributed by atoms with van der Waals surface area (Å²) in [6.07, 6.45) is -2.98. The van der Waals surface area contributed by atoms with Crippen molar-refractivity contribution in [1.82, 2.24) is 15.6 Å². The summed E-state index contributed by atoms with van der Waals surface area (Å²) in [5.74, 6) is -0.640. The maximum atomic E-state index is 13.8. The van der Waals surface area contributed by atoms with Crippen LogP contribution in [0.25, 0.3) is 0 Å². The molecule has 34 heavy (non-hydrogen) atoms. The van der Waals surface area contributed by atoms with Gasteiger partial charge in [0.15, 0.2) is 0 Å². The zero-order chi connectivity index (χ0) is 25.2. The zero-order valence-electron chi connectivity index (χ0n) is 20.3. The van der Waals surface area contributed by atoms with Gasteiger partial charge in [-0.05, 0) is 83.3 Å². The van der Waals surface area contributed by atoms with E-state index in [-0.39, 0.29) is 29.8 Å². The summed E-state index contributed by atoms with van der Waals surface area (Å²) in [7, 11) is 0. The number of carbonyl (C=O) groups is 1. The topological polar surface area (TPSA) is 77.2 Å². The lowest BCUT2D eigenvalue weighted by Gasteiger charge is -2.39. The molecule has 0 aliphatic carbocycles. The highest BCUT2D eigenvalue weighted by atomic mass is 19.4. The molecule has 186 valence electrons. The third-order valence-electron chi connectivity index (χ3n) is 6.56. The largest absolute Gasteiger partial charge is 0.416 e. The number of pyridine rings is 1. The number of hydrogen-bond donors (Lipinski definition) is 3. The number of benzene rings is 1. The van der Waals surface area contributed by atoms with E-state index in [4.69, 9.17) is 0 Å². The van der Waals surface area contributed by atoms with E-state index in [0.29, 0.717) is 34.6 Å². The van der Waals surface area contributed by atoms with Crippen LogP contribution in [0.4, 0.5) is 18.9 Å².